The van der Waals surface area contributed by atoms with Gasteiger partial charge in [0, 0.05) is 19.2 Å². The van der Waals surface area contributed by atoms with E-state index in [0.29, 0.717) is 24.0 Å². The lowest BCUT2D eigenvalue weighted by atomic mass is 10.2. The maximum absolute atomic E-state index is 11.8. The van der Waals surface area contributed by atoms with Crippen LogP contribution in [0.2, 0.25) is 0 Å². The third kappa shape index (κ3) is 1.75. The van der Waals surface area contributed by atoms with Crippen molar-refractivity contribution in [1.82, 2.24) is 14.7 Å². The first kappa shape index (κ1) is 11.4. The van der Waals surface area contributed by atoms with Crippen LogP contribution in [0.3, 0.4) is 0 Å². The molecule has 0 spiro atoms. The van der Waals surface area contributed by atoms with Crippen molar-refractivity contribution in [3.8, 4) is 0 Å². The first-order valence-electron chi connectivity index (χ1n) is 5.73. The fraction of sp³-hybridized carbons (Fsp3) is 0.167. The Bertz CT molecular complexity index is 691. The molecule has 1 aliphatic heterocycles. The van der Waals surface area contributed by atoms with Crippen molar-refractivity contribution in [2.24, 2.45) is 0 Å². The Balaban J connectivity index is 2.10. The number of anilines is 1. The molecule has 1 N–H and O–H groups in total. The lowest BCUT2D eigenvalue weighted by Crippen LogP contribution is -2.49. The van der Waals surface area contributed by atoms with E-state index in [1.165, 1.54) is 11.1 Å². The summed E-state index contributed by atoms with van der Waals surface area (Å²) in [6, 6.07) is 3.01. The van der Waals surface area contributed by atoms with E-state index in [4.69, 9.17) is 0 Å². The average molecular weight is 258 g/mol. The minimum absolute atomic E-state index is 0.251. The number of aromatic nitrogens is 2. The lowest BCUT2D eigenvalue weighted by molar-refractivity contribution is -0.120. The lowest BCUT2D eigenvalue weighted by Gasteiger charge is -2.26. The van der Waals surface area contributed by atoms with Crippen LogP contribution in [0.15, 0.2) is 24.5 Å². The Labute approximate surface area is 107 Å². The topological polar surface area (TPSA) is 83.8 Å². The summed E-state index contributed by atoms with van der Waals surface area (Å²) >= 11 is 0. The molecule has 0 bridgehead atoms. The van der Waals surface area contributed by atoms with Gasteiger partial charge >= 0.3 is 6.03 Å². The van der Waals surface area contributed by atoms with Crippen molar-refractivity contribution in [3.05, 3.63) is 30.4 Å². The Hall–Kier alpha value is -2.70. The predicted octanol–water partition coefficient (Wildman–Crippen LogP) is 0.593. The average Bonchev–Trinajstić information content (AvgIpc) is 2.82. The smallest absolute Gasteiger partial charge is 0.296 e. The predicted molar refractivity (Wildman–Crippen MR) is 66.1 cm³/mol. The maximum Gasteiger partial charge on any atom is 0.328 e. The van der Waals surface area contributed by atoms with Crippen LogP contribution >= 0.6 is 0 Å². The molecular weight excluding hydrogens is 248 g/mol. The van der Waals surface area contributed by atoms with E-state index in [9.17, 15) is 14.4 Å². The monoisotopic (exact) mass is 258 g/mol. The number of imide groups is 1. The Kier molecular flexibility index (Phi) is 2.52. The number of fused-ring (bicyclic) bond motifs is 1. The molecule has 1 fully saturated rings. The number of pyridine rings is 1. The molecule has 0 unspecified atom stereocenters. The maximum atomic E-state index is 11.8. The molecule has 2 aromatic rings. The third-order valence-corrected chi connectivity index (χ3v) is 3.03. The van der Waals surface area contributed by atoms with Gasteiger partial charge in [-0.1, -0.05) is 0 Å². The van der Waals surface area contributed by atoms with Crippen molar-refractivity contribution < 1.29 is 14.4 Å². The van der Waals surface area contributed by atoms with Gasteiger partial charge in [0.15, 0.2) is 12.1 Å². The van der Waals surface area contributed by atoms with Gasteiger partial charge in [-0.25, -0.2) is 9.78 Å². The van der Waals surface area contributed by atoms with E-state index in [1.54, 1.807) is 22.7 Å². The number of urea groups is 1. The van der Waals surface area contributed by atoms with Crippen LogP contribution in [0.4, 0.5) is 10.5 Å². The minimum atomic E-state index is -0.460. The van der Waals surface area contributed by atoms with Crippen LogP contribution < -0.4 is 10.2 Å². The Morgan fingerprint density at radius 3 is 2.95 bits per heavy atom. The highest BCUT2D eigenvalue weighted by Gasteiger charge is 2.25. The van der Waals surface area contributed by atoms with E-state index in [1.807, 2.05) is 0 Å². The standard InChI is InChI=1S/C12H10N4O3/c17-7-10-13-6-9-8(2-1-4-15(9)10)16-5-3-11(18)14-12(16)19/h1-2,4,6-7H,3,5H2,(H,14,18,19). The molecule has 0 aliphatic carbocycles. The van der Waals surface area contributed by atoms with Gasteiger partial charge in [0.05, 0.1) is 17.4 Å². The number of hydrogen-bond acceptors (Lipinski definition) is 4. The van der Waals surface area contributed by atoms with Crippen molar-refractivity contribution in [1.29, 1.82) is 0 Å². The molecule has 0 aromatic carbocycles. The van der Waals surface area contributed by atoms with Gasteiger partial charge in [0.1, 0.15) is 0 Å². The molecule has 1 saturated heterocycles. The molecule has 0 radical (unpaired) electrons. The summed E-state index contributed by atoms with van der Waals surface area (Å²) < 4.78 is 1.60. The quantitative estimate of drug-likeness (QED) is 0.799. The summed E-state index contributed by atoms with van der Waals surface area (Å²) in [5.74, 6) is -0.0133. The van der Waals surface area contributed by atoms with Crippen molar-refractivity contribution in [2.75, 3.05) is 11.4 Å². The number of imidazole rings is 1. The molecule has 3 heterocycles. The van der Waals surface area contributed by atoms with Gasteiger partial charge in [-0.05, 0) is 12.1 Å². The van der Waals surface area contributed by atoms with Crippen LogP contribution in [0.5, 0.6) is 0 Å². The zero-order valence-electron chi connectivity index (χ0n) is 9.87. The second kappa shape index (κ2) is 4.20. The molecule has 7 heteroatoms. The fourth-order valence-electron chi connectivity index (χ4n) is 2.14. The number of nitrogens with one attached hydrogen (secondary N) is 1. The Morgan fingerprint density at radius 2 is 2.21 bits per heavy atom. The summed E-state index contributed by atoms with van der Waals surface area (Å²) in [4.78, 5) is 39.3. The van der Waals surface area contributed by atoms with E-state index in [-0.39, 0.29) is 18.2 Å². The van der Waals surface area contributed by atoms with Gasteiger partial charge < -0.3 is 0 Å². The van der Waals surface area contributed by atoms with Crippen molar-refractivity contribution in [3.63, 3.8) is 0 Å². The molecule has 2 aromatic heterocycles. The molecule has 19 heavy (non-hydrogen) atoms. The minimum Gasteiger partial charge on any atom is -0.296 e. The zero-order valence-corrected chi connectivity index (χ0v) is 9.87. The van der Waals surface area contributed by atoms with Gasteiger partial charge in [0.2, 0.25) is 5.91 Å². The molecule has 0 saturated carbocycles. The summed E-state index contributed by atoms with van der Waals surface area (Å²) in [7, 11) is 0. The highest BCUT2D eigenvalue weighted by Crippen LogP contribution is 2.23. The summed E-state index contributed by atoms with van der Waals surface area (Å²) in [5.41, 5.74) is 1.27. The van der Waals surface area contributed by atoms with Gasteiger partial charge in [-0.2, -0.15) is 0 Å². The van der Waals surface area contributed by atoms with Crippen LogP contribution in [-0.4, -0.2) is 34.2 Å². The molecule has 0 atom stereocenters. The summed E-state index contributed by atoms with van der Waals surface area (Å²) in [6.07, 6.45) is 4.13. The zero-order chi connectivity index (χ0) is 13.4. The Morgan fingerprint density at radius 1 is 1.37 bits per heavy atom. The van der Waals surface area contributed by atoms with Gasteiger partial charge in [0.25, 0.3) is 0 Å². The molecule has 7 nitrogen and oxygen atoms in total. The highest BCUT2D eigenvalue weighted by atomic mass is 16.2. The number of hydrogen-bond donors (Lipinski definition) is 1. The second-order valence-electron chi connectivity index (χ2n) is 4.14. The molecule has 3 amide bonds. The van der Waals surface area contributed by atoms with Gasteiger partial charge in [-0.3, -0.25) is 24.2 Å². The van der Waals surface area contributed by atoms with Crippen LogP contribution in [0.1, 0.15) is 17.0 Å². The SMILES string of the molecule is O=Cc1ncc2c(N3CCC(=O)NC3=O)cccn12. The molecule has 96 valence electrons. The van der Waals surface area contributed by atoms with E-state index >= 15 is 0 Å². The van der Waals surface area contributed by atoms with E-state index < -0.39 is 6.03 Å². The molecule has 3 rings (SSSR count). The first-order chi connectivity index (χ1) is 9.20. The van der Waals surface area contributed by atoms with Crippen LogP contribution in [0.25, 0.3) is 5.52 Å². The third-order valence-electron chi connectivity index (χ3n) is 3.03. The first-order valence-corrected chi connectivity index (χ1v) is 5.73. The largest absolute Gasteiger partial charge is 0.328 e. The number of rotatable bonds is 2. The van der Waals surface area contributed by atoms with Crippen molar-refractivity contribution in [2.45, 2.75) is 6.42 Å². The number of carbonyl (C=O) groups excluding carboxylic acids is 3. The van der Waals surface area contributed by atoms with Crippen molar-refractivity contribution >= 4 is 29.4 Å². The molecular formula is C12H10N4O3. The van der Waals surface area contributed by atoms with E-state index in [0.717, 1.165) is 0 Å². The van der Waals surface area contributed by atoms with Gasteiger partial charge in [-0.15, -0.1) is 0 Å². The van der Waals surface area contributed by atoms with E-state index in [2.05, 4.69) is 10.3 Å². The normalized spacial score (nSPS) is 15.7. The second-order valence-corrected chi connectivity index (χ2v) is 4.14. The number of nitrogens with zero attached hydrogens (tertiary/aromatic N) is 3. The number of aldehydes is 1. The number of carbonyl (C=O) groups is 3. The fourth-order valence-corrected chi connectivity index (χ4v) is 2.14. The highest BCUT2D eigenvalue weighted by molar-refractivity contribution is 6.07. The summed E-state index contributed by atoms with van der Waals surface area (Å²) in [6.45, 7) is 0.311. The summed E-state index contributed by atoms with van der Waals surface area (Å²) in [5, 5.41) is 2.26. The number of amides is 3. The molecule has 1 aliphatic rings. The van der Waals surface area contributed by atoms with Crippen LogP contribution in [-0.2, 0) is 4.79 Å². The van der Waals surface area contributed by atoms with Crippen LogP contribution in [0, 0.1) is 0 Å².